The number of carbonyl (C=O) groups is 1. The van der Waals surface area contributed by atoms with Gasteiger partial charge < -0.3 is 4.74 Å². The lowest BCUT2D eigenvalue weighted by Crippen LogP contribution is -2.21. The lowest BCUT2D eigenvalue weighted by Gasteiger charge is -2.20. The Balaban J connectivity index is -0.00000201. The van der Waals surface area contributed by atoms with Gasteiger partial charge in [0.15, 0.2) is 0 Å². The topological polar surface area (TPSA) is 57.0 Å². The minimum Gasteiger partial charge on any atom is -0.466 e. The van der Waals surface area contributed by atoms with Crippen LogP contribution in [0.25, 0.3) is 11.8 Å². The van der Waals surface area contributed by atoms with Crippen LogP contribution in [-0.4, -0.2) is 27.6 Å². The van der Waals surface area contributed by atoms with Gasteiger partial charge in [0, 0.05) is 0 Å². The van der Waals surface area contributed by atoms with E-state index in [-0.39, 0.29) is 12.6 Å². The summed E-state index contributed by atoms with van der Waals surface area (Å²) < 4.78 is 5.38. The van der Waals surface area contributed by atoms with Crippen LogP contribution in [0.1, 0.15) is 66.3 Å². The van der Waals surface area contributed by atoms with E-state index in [1.54, 1.807) is 61.6 Å². The van der Waals surface area contributed by atoms with Crippen LogP contribution in [0.3, 0.4) is 0 Å². The molecule has 0 bridgehead atoms. The predicted octanol–water partition coefficient (Wildman–Crippen LogP) is 9.43. The van der Waals surface area contributed by atoms with Gasteiger partial charge in [0.05, 0.1) is 23.9 Å². The van der Waals surface area contributed by atoms with Crippen molar-refractivity contribution in [2.75, 3.05) is 6.61 Å². The second kappa shape index (κ2) is 27.1. The zero-order valence-corrected chi connectivity index (χ0v) is 25.6. The van der Waals surface area contributed by atoms with Crippen molar-refractivity contribution in [2.24, 2.45) is 5.92 Å². The number of aromatic nitrogens is 3. The zero-order valence-electron chi connectivity index (χ0n) is 25.6. The van der Waals surface area contributed by atoms with Crippen molar-refractivity contribution in [3.63, 3.8) is 0 Å². The number of nitrogens with zero attached hydrogens (tertiary/aromatic N) is 3. The summed E-state index contributed by atoms with van der Waals surface area (Å²) in [4.78, 5) is 14.5. The molecule has 0 saturated carbocycles. The number of esters is 1. The third-order valence-corrected chi connectivity index (χ3v) is 4.48. The van der Waals surface area contributed by atoms with Crippen molar-refractivity contribution in [3.8, 4) is 0 Å². The molecule has 39 heavy (non-hydrogen) atoms. The number of hydrogen-bond donors (Lipinski definition) is 0. The number of allylic oxidation sites excluding steroid dienone is 13. The van der Waals surface area contributed by atoms with Crippen LogP contribution >= 0.6 is 0 Å². The fraction of sp³-hybridized carbons (Fsp3) is 0.324. The van der Waals surface area contributed by atoms with Crippen molar-refractivity contribution in [3.05, 3.63) is 122 Å². The Morgan fingerprint density at radius 2 is 1.41 bits per heavy atom. The molecule has 5 heteroatoms. The van der Waals surface area contributed by atoms with Crippen LogP contribution < -0.4 is 0 Å². The minimum atomic E-state index is -0.588. The second-order valence-corrected chi connectivity index (χ2v) is 6.78. The van der Waals surface area contributed by atoms with E-state index in [1.165, 1.54) is 4.80 Å². The smallest absolute Gasteiger partial charge is 0.313 e. The largest absolute Gasteiger partial charge is 0.466 e. The Bertz CT molecular complexity index is 1030. The lowest BCUT2D eigenvalue weighted by molar-refractivity contribution is -0.146. The summed E-state index contributed by atoms with van der Waals surface area (Å²) >= 11 is 0. The highest BCUT2D eigenvalue weighted by Crippen LogP contribution is 2.29. The Labute approximate surface area is 238 Å². The first-order valence-corrected chi connectivity index (χ1v) is 13.6. The standard InChI is InChI=1S/C28H33N3O2.3C2H6/c1-8-14-19-23(16-10-3)25(28(32)33-13-6)21-24(17-11-4)27(18-12-5)31-29-22(7)26(30-31)20-15-9-2;3*1-2/h8-12,14-20,25H,1-5,13,21H2,6-7H3;3*1-2H3/b19-14-,20-15-,23-16+,24-17-,27-18+;;;. The third kappa shape index (κ3) is 15.1. The highest BCUT2D eigenvalue weighted by atomic mass is 16.5. The van der Waals surface area contributed by atoms with Crippen molar-refractivity contribution in [1.82, 2.24) is 15.0 Å². The molecule has 0 amide bonds. The van der Waals surface area contributed by atoms with E-state index in [0.717, 1.165) is 16.8 Å². The summed E-state index contributed by atoms with van der Waals surface area (Å²) in [6, 6.07) is 0. The highest BCUT2D eigenvalue weighted by Gasteiger charge is 2.26. The van der Waals surface area contributed by atoms with Gasteiger partial charge in [-0.15, -0.1) is 5.10 Å². The molecule has 5 nitrogen and oxygen atoms in total. The molecule has 0 aliphatic carbocycles. The van der Waals surface area contributed by atoms with Gasteiger partial charge in [-0.2, -0.15) is 9.90 Å². The molecule has 1 aromatic heterocycles. The van der Waals surface area contributed by atoms with E-state index in [0.29, 0.717) is 17.8 Å². The first-order chi connectivity index (χ1) is 19.0. The van der Waals surface area contributed by atoms with Gasteiger partial charge >= 0.3 is 5.97 Å². The molecule has 0 spiro atoms. The van der Waals surface area contributed by atoms with Gasteiger partial charge in [0.1, 0.15) is 5.69 Å². The fourth-order valence-electron chi connectivity index (χ4n) is 3.03. The van der Waals surface area contributed by atoms with Crippen LogP contribution in [0.4, 0.5) is 0 Å². The van der Waals surface area contributed by atoms with E-state index >= 15 is 0 Å². The molecule has 0 N–H and O–H groups in total. The highest BCUT2D eigenvalue weighted by molar-refractivity contribution is 5.79. The lowest BCUT2D eigenvalue weighted by atomic mass is 9.89. The van der Waals surface area contributed by atoms with Crippen molar-refractivity contribution in [1.29, 1.82) is 0 Å². The quantitative estimate of drug-likeness (QED) is 0.176. The van der Waals surface area contributed by atoms with Crippen molar-refractivity contribution in [2.45, 2.75) is 61.8 Å². The maximum Gasteiger partial charge on any atom is 0.313 e. The molecule has 0 aliphatic rings. The van der Waals surface area contributed by atoms with Crippen LogP contribution in [0.2, 0.25) is 0 Å². The SMILES string of the molecule is C=C/C=C\C(=C/C=C)C(CC(=C/C=C)/C(=C\C=C)n1nc(C)c(/C=C\C=C)n1)C(=O)OCC.CC.CC.CC. The van der Waals surface area contributed by atoms with Gasteiger partial charge in [0.25, 0.3) is 0 Å². The molecule has 1 atom stereocenters. The summed E-state index contributed by atoms with van der Waals surface area (Å²) in [5.41, 5.74) is 3.68. The summed E-state index contributed by atoms with van der Waals surface area (Å²) in [7, 11) is 0. The molecule has 0 radical (unpaired) electrons. The Hall–Kier alpha value is -3.99. The molecule has 0 aromatic carbocycles. The molecule has 0 fully saturated rings. The van der Waals surface area contributed by atoms with Crippen LogP contribution in [0.5, 0.6) is 0 Å². The molecule has 1 rings (SSSR count). The van der Waals surface area contributed by atoms with Crippen molar-refractivity contribution >= 4 is 17.7 Å². The summed E-state index contributed by atoms with van der Waals surface area (Å²) in [5, 5.41) is 9.15. The third-order valence-electron chi connectivity index (χ3n) is 4.48. The maximum atomic E-state index is 12.9. The Morgan fingerprint density at radius 3 is 1.90 bits per heavy atom. The minimum absolute atomic E-state index is 0.274. The zero-order chi connectivity index (χ0) is 30.6. The molecule has 1 unspecified atom stereocenters. The van der Waals surface area contributed by atoms with E-state index < -0.39 is 5.92 Å². The molecule has 0 aliphatic heterocycles. The van der Waals surface area contributed by atoms with Gasteiger partial charge in [0.2, 0.25) is 0 Å². The fourth-order valence-corrected chi connectivity index (χ4v) is 3.03. The first kappa shape index (κ1) is 39.5. The van der Waals surface area contributed by atoms with Crippen molar-refractivity contribution < 1.29 is 9.53 Å². The van der Waals surface area contributed by atoms with E-state index in [2.05, 4.69) is 43.1 Å². The van der Waals surface area contributed by atoms with Gasteiger partial charge in [-0.1, -0.05) is 135 Å². The first-order valence-electron chi connectivity index (χ1n) is 13.6. The van der Waals surface area contributed by atoms with Crippen LogP contribution in [-0.2, 0) is 9.53 Å². The van der Waals surface area contributed by atoms with Gasteiger partial charge in [-0.3, -0.25) is 4.79 Å². The van der Waals surface area contributed by atoms with E-state index in [9.17, 15) is 4.79 Å². The average Bonchev–Trinajstić information content (AvgIpc) is 3.34. The normalized spacial score (nSPS) is 12.1. The molecular weight excluding hydrogens is 482 g/mol. The molecular formula is C34H51N3O2. The number of rotatable bonds is 14. The second-order valence-electron chi connectivity index (χ2n) is 6.78. The Kier molecular flexibility index (Phi) is 27.4. The van der Waals surface area contributed by atoms with Gasteiger partial charge in [-0.05, 0) is 43.6 Å². The predicted molar refractivity (Wildman–Crippen MR) is 173 cm³/mol. The maximum absolute atomic E-state index is 12.9. The summed E-state index contributed by atoms with van der Waals surface area (Å²) in [5.74, 6) is -0.929. The summed E-state index contributed by atoms with van der Waals surface area (Å²) in [6.07, 6.45) is 21.3. The molecule has 214 valence electrons. The van der Waals surface area contributed by atoms with E-state index in [4.69, 9.17) is 4.74 Å². The average molecular weight is 534 g/mol. The molecule has 1 aromatic rings. The number of hydrogen-bond acceptors (Lipinski definition) is 4. The van der Waals surface area contributed by atoms with Gasteiger partial charge in [-0.25, -0.2) is 0 Å². The van der Waals surface area contributed by atoms with E-state index in [1.807, 2.05) is 66.7 Å². The van der Waals surface area contributed by atoms with Crippen LogP contribution in [0, 0.1) is 12.8 Å². The Morgan fingerprint density at radius 1 is 0.846 bits per heavy atom. The summed E-state index contributed by atoms with van der Waals surface area (Å²) in [6.45, 7) is 34.8. The van der Waals surface area contributed by atoms with Crippen LogP contribution in [0.15, 0.2) is 111 Å². The molecule has 0 saturated heterocycles. The number of aryl methyl sites for hydroxylation is 1. The monoisotopic (exact) mass is 533 g/mol. The number of ether oxygens (including phenoxy) is 1. The molecule has 1 heterocycles. The number of carbonyl (C=O) groups excluding carboxylic acids is 1.